The van der Waals surface area contributed by atoms with Crippen LogP contribution in [0.3, 0.4) is 0 Å². The van der Waals surface area contributed by atoms with Gasteiger partial charge in [-0.15, -0.1) is 11.8 Å². The minimum atomic E-state index is -0.0778. The van der Waals surface area contributed by atoms with E-state index in [2.05, 4.69) is 0 Å². The predicted octanol–water partition coefficient (Wildman–Crippen LogP) is 4.45. The van der Waals surface area contributed by atoms with Crippen LogP contribution in [0.25, 0.3) is 0 Å². The normalized spacial score (nSPS) is 12.5. The number of rotatable bonds is 4. The van der Waals surface area contributed by atoms with E-state index in [1.807, 2.05) is 13.8 Å². The van der Waals surface area contributed by atoms with Gasteiger partial charge in [-0.2, -0.15) is 0 Å². The van der Waals surface area contributed by atoms with Crippen molar-refractivity contribution in [1.82, 2.24) is 0 Å². The first-order valence-electron chi connectivity index (χ1n) is 4.69. The van der Waals surface area contributed by atoms with E-state index in [9.17, 15) is 4.79 Å². The molecule has 0 N–H and O–H groups in total. The molecule has 1 unspecified atom stereocenters. The van der Waals surface area contributed by atoms with E-state index in [4.69, 9.17) is 23.2 Å². The quantitative estimate of drug-likeness (QED) is 0.746. The maximum Gasteiger partial charge on any atom is 0.145 e. The zero-order chi connectivity index (χ0) is 11.4. The number of carbonyl (C=O) groups is 1. The van der Waals surface area contributed by atoms with Crippen molar-refractivity contribution in [2.75, 3.05) is 0 Å². The molecule has 0 saturated carbocycles. The van der Waals surface area contributed by atoms with Crippen molar-refractivity contribution in [2.45, 2.75) is 30.4 Å². The predicted molar refractivity (Wildman–Crippen MR) is 67.1 cm³/mol. The van der Waals surface area contributed by atoms with Crippen molar-refractivity contribution in [3.63, 3.8) is 0 Å². The van der Waals surface area contributed by atoms with E-state index < -0.39 is 0 Å². The summed E-state index contributed by atoms with van der Waals surface area (Å²) in [5.74, 6) is 0.219. The maximum atomic E-state index is 11.4. The molecule has 0 heterocycles. The van der Waals surface area contributed by atoms with E-state index in [0.29, 0.717) is 16.5 Å². The number of halogens is 2. The molecule has 0 radical (unpaired) electrons. The van der Waals surface area contributed by atoms with Gasteiger partial charge >= 0.3 is 0 Å². The first-order chi connectivity index (χ1) is 7.04. The Labute approximate surface area is 104 Å². The van der Waals surface area contributed by atoms with Crippen LogP contribution < -0.4 is 0 Å². The lowest BCUT2D eigenvalue weighted by Gasteiger charge is -2.10. The third-order valence-corrected chi connectivity index (χ3v) is 3.88. The lowest BCUT2D eigenvalue weighted by atomic mass is 10.2. The van der Waals surface area contributed by atoms with Crippen molar-refractivity contribution in [2.24, 2.45) is 0 Å². The molecular weight excluding hydrogens is 251 g/mol. The fourth-order valence-electron chi connectivity index (χ4n) is 1.11. The fraction of sp³-hybridized carbons (Fsp3) is 0.364. The molecule has 0 saturated heterocycles. The van der Waals surface area contributed by atoms with Crippen molar-refractivity contribution < 1.29 is 4.79 Å². The minimum Gasteiger partial charge on any atom is -0.298 e. The van der Waals surface area contributed by atoms with Gasteiger partial charge in [0.05, 0.1) is 10.3 Å². The Kier molecular flexibility index (Phi) is 4.97. The van der Waals surface area contributed by atoms with Gasteiger partial charge in [0.25, 0.3) is 0 Å². The Balaban J connectivity index is 2.80. The molecule has 0 aliphatic rings. The average Bonchev–Trinajstić information content (AvgIpc) is 2.22. The number of benzene rings is 1. The second-order valence-electron chi connectivity index (χ2n) is 3.15. The Morgan fingerprint density at radius 1 is 1.47 bits per heavy atom. The number of Topliss-reactive ketones (excluding diaryl/α,β-unsaturated/α-hetero) is 1. The van der Waals surface area contributed by atoms with Crippen LogP contribution in [0.15, 0.2) is 23.1 Å². The summed E-state index contributed by atoms with van der Waals surface area (Å²) in [6, 6.07) is 5.27. The van der Waals surface area contributed by atoms with Crippen LogP contribution in [0.1, 0.15) is 20.3 Å². The molecule has 0 aliphatic carbocycles. The van der Waals surface area contributed by atoms with Gasteiger partial charge in [0.15, 0.2) is 0 Å². The second kappa shape index (κ2) is 5.78. The van der Waals surface area contributed by atoms with Crippen LogP contribution in [0.2, 0.25) is 10.0 Å². The zero-order valence-corrected chi connectivity index (χ0v) is 10.9. The van der Waals surface area contributed by atoms with Crippen molar-refractivity contribution in [1.29, 1.82) is 0 Å². The molecule has 82 valence electrons. The van der Waals surface area contributed by atoms with Crippen LogP contribution >= 0.6 is 35.0 Å². The molecule has 0 amide bonds. The monoisotopic (exact) mass is 262 g/mol. The number of hydrogen-bond donors (Lipinski definition) is 0. The van der Waals surface area contributed by atoms with Crippen LogP contribution in [0.5, 0.6) is 0 Å². The van der Waals surface area contributed by atoms with E-state index in [1.165, 1.54) is 11.8 Å². The van der Waals surface area contributed by atoms with Crippen LogP contribution in [0.4, 0.5) is 0 Å². The summed E-state index contributed by atoms with van der Waals surface area (Å²) < 4.78 is 0. The van der Waals surface area contributed by atoms with Crippen LogP contribution in [-0.4, -0.2) is 11.0 Å². The van der Waals surface area contributed by atoms with E-state index in [0.717, 1.165) is 4.90 Å². The molecule has 0 aliphatic heterocycles. The topological polar surface area (TPSA) is 17.1 Å². The number of thioether (sulfide) groups is 1. The standard InChI is InChI=1S/C11H12Cl2OS/c1-3-10(14)7(2)15-11-6-8(12)4-5-9(11)13/h4-7H,3H2,1-2H3. The van der Waals surface area contributed by atoms with Crippen molar-refractivity contribution in [3.8, 4) is 0 Å². The molecule has 0 bridgehead atoms. The molecule has 0 aromatic heterocycles. The highest BCUT2D eigenvalue weighted by Gasteiger charge is 2.14. The highest BCUT2D eigenvalue weighted by Crippen LogP contribution is 2.33. The molecular formula is C11H12Cl2OS. The summed E-state index contributed by atoms with van der Waals surface area (Å²) in [6.07, 6.45) is 0.548. The van der Waals surface area contributed by atoms with Gasteiger partial charge < -0.3 is 0 Å². The lowest BCUT2D eigenvalue weighted by molar-refractivity contribution is -0.117. The van der Waals surface area contributed by atoms with Gasteiger partial charge in [-0.3, -0.25) is 4.79 Å². The van der Waals surface area contributed by atoms with Crippen LogP contribution in [0, 0.1) is 0 Å². The molecule has 1 nitrogen and oxygen atoms in total. The van der Waals surface area contributed by atoms with Gasteiger partial charge in [0.1, 0.15) is 5.78 Å². The van der Waals surface area contributed by atoms with Crippen molar-refractivity contribution in [3.05, 3.63) is 28.2 Å². The summed E-state index contributed by atoms with van der Waals surface area (Å²) in [7, 11) is 0. The molecule has 1 rings (SSSR count). The zero-order valence-electron chi connectivity index (χ0n) is 8.59. The van der Waals surface area contributed by atoms with E-state index in [-0.39, 0.29) is 11.0 Å². The summed E-state index contributed by atoms with van der Waals surface area (Å²) in [6.45, 7) is 3.74. The van der Waals surface area contributed by atoms with Crippen molar-refractivity contribution >= 4 is 40.7 Å². The maximum absolute atomic E-state index is 11.4. The molecule has 0 fully saturated rings. The highest BCUT2D eigenvalue weighted by atomic mass is 35.5. The second-order valence-corrected chi connectivity index (χ2v) is 5.38. The smallest absolute Gasteiger partial charge is 0.145 e. The Hall–Kier alpha value is -0.180. The largest absolute Gasteiger partial charge is 0.298 e. The molecule has 0 spiro atoms. The molecule has 1 aromatic carbocycles. The first kappa shape index (κ1) is 12.9. The third kappa shape index (κ3) is 3.71. The Morgan fingerprint density at radius 3 is 2.73 bits per heavy atom. The van der Waals surface area contributed by atoms with Gasteiger partial charge in [0.2, 0.25) is 0 Å². The Morgan fingerprint density at radius 2 is 2.13 bits per heavy atom. The van der Waals surface area contributed by atoms with Gasteiger partial charge in [-0.05, 0) is 25.1 Å². The fourth-order valence-corrected chi connectivity index (χ4v) is 2.65. The number of ketones is 1. The lowest BCUT2D eigenvalue weighted by Crippen LogP contribution is -2.11. The molecule has 1 atom stereocenters. The SMILES string of the molecule is CCC(=O)C(C)Sc1cc(Cl)ccc1Cl. The molecule has 15 heavy (non-hydrogen) atoms. The summed E-state index contributed by atoms with van der Waals surface area (Å²) in [5, 5.41) is 1.20. The van der Waals surface area contributed by atoms with Crippen LogP contribution in [-0.2, 0) is 4.79 Å². The number of carbonyl (C=O) groups excluding carboxylic acids is 1. The molecule has 4 heteroatoms. The van der Waals surface area contributed by atoms with Gasteiger partial charge in [-0.25, -0.2) is 0 Å². The van der Waals surface area contributed by atoms with E-state index in [1.54, 1.807) is 18.2 Å². The first-order valence-corrected chi connectivity index (χ1v) is 6.32. The summed E-state index contributed by atoms with van der Waals surface area (Å²) >= 11 is 13.3. The third-order valence-electron chi connectivity index (χ3n) is 2.00. The Bertz CT molecular complexity index is 366. The van der Waals surface area contributed by atoms with E-state index >= 15 is 0 Å². The number of hydrogen-bond acceptors (Lipinski definition) is 2. The summed E-state index contributed by atoms with van der Waals surface area (Å²) in [5.41, 5.74) is 0. The highest BCUT2D eigenvalue weighted by molar-refractivity contribution is 8.00. The van der Waals surface area contributed by atoms with Gasteiger partial charge in [0, 0.05) is 16.3 Å². The summed E-state index contributed by atoms with van der Waals surface area (Å²) in [4.78, 5) is 12.3. The minimum absolute atomic E-state index is 0.0778. The average molecular weight is 263 g/mol. The van der Waals surface area contributed by atoms with Gasteiger partial charge in [-0.1, -0.05) is 30.1 Å². The molecule has 1 aromatic rings.